The van der Waals surface area contributed by atoms with E-state index < -0.39 is 4.92 Å². The van der Waals surface area contributed by atoms with Gasteiger partial charge in [-0.3, -0.25) is 15.1 Å². The van der Waals surface area contributed by atoms with E-state index in [9.17, 15) is 10.1 Å². The first-order valence-electron chi connectivity index (χ1n) is 10.9. The average Bonchev–Trinajstić information content (AvgIpc) is 3.62. The highest BCUT2D eigenvalue weighted by Gasteiger charge is 2.42. The molecule has 2 aliphatic rings. The third kappa shape index (κ3) is 3.64. The molecule has 2 atom stereocenters. The molecule has 0 amide bonds. The molecule has 1 fully saturated rings. The van der Waals surface area contributed by atoms with E-state index in [1.165, 1.54) is 12.1 Å². The van der Waals surface area contributed by atoms with Crippen LogP contribution in [-0.4, -0.2) is 26.4 Å². The van der Waals surface area contributed by atoms with Gasteiger partial charge in [-0.15, -0.1) is 0 Å². The molecule has 0 unspecified atom stereocenters. The Balaban J connectivity index is 1.48. The Labute approximate surface area is 205 Å². The molecule has 6 rings (SSSR count). The molecule has 4 heterocycles. The number of non-ortho nitro benzene ring substituents is 1. The predicted octanol–water partition coefficient (Wildman–Crippen LogP) is 4.69. The standard InChI is InChI=1S/C25H19N5O4S/c31-30(32)17-8-6-16(7-9-17)28-13-3-5-20(28)24-23(19-4-1-2-12-26-19)27-25(35)29(24)18-10-11-21-22(14-18)34-15-33-21/h1-14,23-24H,15H2,(H,27,35)/t23-,24+/m1/s1. The minimum absolute atomic E-state index is 0.0412. The number of nitrogens with one attached hydrogen (secondary N) is 1. The molecule has 2 aromatic carbocycles. The van der Waals surface area contributed by atoms with Crippen LogP contribution < -0.4 is 19.7 Å². The summed E-state index contributed by atoms with van der Waals surface area (Å²) >= 11 is 5.82. The summed E-state index contributed by atoms with van der Waals surface area (Å²) in [5.74, 6) is 1.36. The molecule has 0 radical (unpaired) electrons. The Morgan fingerprint density at radius 3 is 2.57 bits per heavy atom. The van der Waals surface area contributed by atoms with Crippen LogP contribution >= 0.6 is 12.2 Å². The van der Waals surface area contributed by atoms with Gasteiger partial charge in [-0.2, -0.15) is 0 Å². The van der Waals surface area contributed by atoms with Crippen LogP contribution in [0.3, 0.4) is 0 Å². The van der Waals surface area contributed by atoms with E-state index in [0.717, 1.165) is 22.8 Å². The molecular weight excluding hydrogens is 466 g/mol. The van der Waals surface area contributed by atoms with Gasteiger partial charge in [-0.25, -0.2) is 0 Å². The number of anilines is 1. The third-order valence-electron chi connectivity index (χ3n) is 6.15. The third-order valence-corrected chi connectivity index (χ3v) is 6.47. The summed E-state index contributed by atoms with van der Waals surface area (Å²) in [6.07, 6.45) is 3.70. The molecule has 2 aliphatic heterocycles. The number of nitro benzene ring substituents is 1. The molecule has 0 spiro atoms. The van der Waals surface area contributed by atoms with E-state index in [4.69, 9.17) is 21.7 Å². The maximum atomic E-state index is 11.1. The molecule has 4 aromatic rings. The zero-order valence-corrected chi connectivity index (χ0v) is 19.1. The largest absolute Gasteiger partial charge is 0.454 e. The maximum Gasteiger partial charge on any atom is 0.269 e. The van der Waals surface area contributed by atoms with Crippen molar-refractivity contribution in [2.45, 2.75) is 12.1 Å². The zero-order chi connectivity index (χ0) is 23.9. The van der Waals surface area contributed by atoms with Gasteiger partial charge in [0.05, 0.1) is 16.7 Å². The number of benzene rings is 2. The first kappa shape index (κ1) is 21.1. The van der Waals surface area contributed by atoms with Crippen LogP contribution in [0.4, 0.5) is 11.4 Å². The topological polar surface area (TPSA) is 94.7 Å². The lowest BCUT2D eigenvalue weighted by atomic mass is 10.0. The molecule has 174 valence electrons. The molecule has 0 bridgehead atoms. The lowest BCUT2D eigenvalue weighted by molar-refractivity contribution is -0.384. The minimum atomic E-state index is -0.405. The Hall–Kier alpha value is -4.44. The summed E-state index contributed by atoms with van der Waals surface area (Å²) in [6, 6.07) is 21.5. The van der Waals surface area contributed by atoms with Crippen molar-refractivity contribution < 1.29 is 14.4 Å². The second-order valence-corrected chi connectivity index (χ2v) is 8.50. The Bertz CT molecular complexity index is 1420. The van der Waals surface area contributed by atoms with E-state index in [1.807, 2.05) is 64.2 Å². The van der Waals surface area contributed by atoms with Gasteiger partial charge < -0.3 is 24.3 Å². The monoisotopic (exact) mass is 485 g/mol. The maximum absolute atomic E-state index is 11.1. The lowest BCUT2D eigenvalue weighted by Crippen LogP contribution is -2.30. The number of thiocarbonyl (C=S) groups is 1. The number of nitrogens with zero attached hydrogens (tertiary/aromatic N) is 4. The highest BCUT2D eigenvalue weighted by Crippen LogP contribution is 2.44. The highest BCUT2D eigenvalue weighted by atomic mass is 32.1. The molecule has 35 heavy (non-hydrogen) atoms. The van der Waals surface area contributed by atoms with E-state index in [1.54, 1.807) is 18.3 Å². The number of hydrogen-bond acceptors (Lipinski definition) is 6. The van der Waals surface area contributed by atoms with Gasteiger partial charge in [-0.05, 0) is 60.7 Å². The number of ether oxygens (including phenoxy) is 2. The van der Waals surface area contributed by atoms with E-state index >= 15 is 0 Å². The first-order valence-corrected chi connectivity index (χ1v) is 11.3. The average molecular weight is 486 g/mol. The van der Waals surface area contributed by atoms with Crippen LogP contribution in [0.25, 0.3) is 5.69 Å². The van der Waals surface area contributed by atoms with Gasteiger partial charge in [0.25, 0.3) is 5.69 Å². The van der Waals surface area contributed by atoms with Crippen LogP contribution in [0.1, 0.15) is 23.5 Å². The summed E-state index contributed by atoms with van der Waals surface area (Å²) in [5, 5.41) is 15.1. The second kappa shape index (κ2) is 8.41. The van der Waals surface area contributed by atoms with E-state index in [-0.39, 0.29) is 24.6 Å². The van der Waals surface area contributed by atoms with Gasteiger partial charge in [-0.1, -0.05) is 6.07 Å². The van der Waals surface area contributed by atoms with Gasteiger partial charge >= 0.3 is 0 Å². The lowest BCUT2D eigenvalue weighted by Gasteiger charge is -2.29. The highest BCUT2D eigenvalue weighted by molar-refractivity contribution is 7.80. The molecule has 0 aliphatic carbocycles. The fourth-order valence-corrected chi connectivity index (χ4v) is 4.92. The summed E-state index contributed by atoms with van der Waals surface area (Å²) in [6.45, 7) is 0.185. The Morgan fingerprint density at radius 1 is 1.00 bits per heavy atom. The summed E-state index contributed by atoms with van der Waals surface area (Å²) in [7, 11) is 0. The van der Waals surface area contributed by atoms with Gasteiger partial charge in [0.1, 0.15) is 6.04 Å². The number of nitro groups is 1. The predicted molar refractivity (Wildman–Crippen MR) is 133 cm³/mol. The van der Waals surface area contributed by atoms with E-state index in [0.29, 0.717) is 16.6 Å². The summed E-state index contributed by atoms with van der Waals surface area (Å²) in [4.78, 5) is 17.4. The number of aromatic nitrogens is 2. The Kier molecular flexibility index (Phi) is 5.07. The minimum Gasteiger partial charge on any atom is -0.454 e. The number of fused-ring (bicyclic) bond motifs is 1. The van der Waals surface area contributed by atoms with Crippen molar-refractivity contribution in [3.05, 3.63) is 107 Å². The SMILES string of the molecule is O=[N+]([O-])c1ccc(-n2cccc2[C@H]2[C@@H](c3ccccn3)NC(=S)N2c2ccc3c(c2)OCO3)cc1. The van der Waals surface area contributed by atoms with Crippen molar-refractivity contribution in [3.63, 3.8) is 0 Å². The van der Waals surface area contributed by atoms with Crippen LogP contribution in [0.5, 0.6) is 11.5 Å². The fourth-order valence-electron chi connectivity index (χ4n) is 4.57. The van der Waals surface area contributed by atoms with Gasteiger partial charge in [0.2, 0.25) is 6.79 Å². The summed E-state index contributed by atoms with van der Waals surface area (Å²) < 4.78 is 13.1. The molecule has 1 N–H and O–H groups in total. The molecule has 10 heteroatoms. The number of hydrogen-bond donors (Lipinski definition) is 1. The molecular formula is C25H19N5O4S. The van der Waals surface area contributed by atoms with Crippen molar-refractivity contribution in [2.24, 2.45) is 0 Å². The Morgan fingerprint density at radius 2 is 1.80 bits per heavy atom. The second-order valence-electron chi connectivity index (χ2n) is 8.11. The normalized spacial score (nSPS) is 18.5. The van der Waals surface area contributed by atoms with Crippen molar-refractivity contribution in [1.82, 2.24) is 14.9 Å². The quantitative estimate of drug-likeness (QED) is 0.247. The van der Waals surface area contributed by atoms with Crippen LogP contribution in [-0.2, 0) is 0 Å². The van der Waals surface area contributed by atoms with Gasteiger partial charge in [0, 0.05) is 47.7 Å². The van der Waals surface area contributed by atoms with Crippen molar-refractivity contribution in [1.29, 1.82) is 0 Å². The smallest absolute Gasteiger partial charge is 0.269 e. The van der Waals surface area contributed by atoms with Crippen LogP contribution in [0.2, 0.25) is 0 Å². The fraction of sp³-hybridized carbons (Fsp3) is 0.120. The first-order chi connectivity index (χ1) is 17.1. The van der Waals surface area contributed by atoms with Crippen LogP contribution in [0, 0.1) is 10.1 Å². The summed E-state index contributed by atoms with van der Waals surface area (Å²) in [5.41, 5.74) is 3.49. The van der Waals surface area contributed by atoms with Gasteiger partial charge in [0.15, 0.2) is 16.6 Å². The van der Waals surface area contributed by atoms with Crippen molar-refractivity contribution in [2.75, 3.05) is 11.7 Å². The van der Waals surface area contributed by atoms with Crippen molar-refractivity contribution in [3.8, 4) is 17.2 Å². The van der Waals surface area contributed by atoms with E-state index in [2.05, 4.69) is 10.3 Å². The number of rotatable bonds is 5. The molecule has 9 nitrogen and oxygen atoms in total. The van der Waals surface area contributed by atoms with Crippen LogP contribution in [0.15, 0.2) is 85.2 Å². The molecule has 1 saturated heterocycles. The molecule has 0 saturated carbocycles. The van der Waals surface area contributed by atoms with Crippen molar-refractivity contribution >= 4 is 28.7 Å². The number of pyridine rings is 1. The molecule has 2 aromatic heterocycles. The zero-order valence-electron chi connectivity index (χ0n) is 18.3.